The zero-order chi connectivity index (χ0) is 20.0. The third kappa shape index (κ3) is 4.95. The van der Waals surface area contributed by atoms with Crippen molar-refractivity contribution in [1.29, 1.82) is 0 Å². The van der Waals surface area contributed by atoms with Gasteiger partial charge in [0.2, 0.25) is 10.0 Å². The van der Waals surface area contributed by atoms with Crippen molar-refractivity contribution >= 4 is 37.5 Å². The van der Waals surface area contributed by atoms with Gasteiger partial charge in [-0.2, -0.15) is 4.72 Å². The zero-order valence-corrected chi connectivity index (χ0v) is 16.6. The van der Waals surface area contributed by atoms with Gasteiger partial charge in [0.1, 0.15) is 0 Å². The number of carbonyl (C=O) groups excluding carboxylic acids is 1. The summed E-state index contributed by atoms with van der Waals surface area (Å²) in [7, 11) is -3.66. The molecule has 3 rings (SSSR count). The van der Waals surface area contributed by atoms with Gasteiger partial charge in [-0.15, -0.1) is 17.8 Å². The first kappa shape index (κ1) is 20.0. The molecule has 6 nitrogen and oxygen atoms in total. The molecule has 1 aromatic heterocycles. The normalized spacial score (nSPS) is 11.2. The van der Waals surface area contributed by atoms with Crippen LogP contribution in [0.15, 0.2) is 53.4 Å². The quantitative estimate of drug-likeness (QED) is 0.439. The molecule has 0 unspecified atom stereocenters. The Labute approximate surface area is 168 Å². The van der Waals surface area contributed by atoms with Crippen LogP contribution in [0.4, 0.5) is 0 Å². The molecule has 8 heteroatoms. The molecule has 1 heterocycles. The molecule has 144 valence electrons. The molecule has 0 spiro atoms. The number of aryl methyl sites for hydroxylation is 1. The Morgan fingerprint density at radius 3 is 2.61 bits per heavy atom. The number of benzene rings is 2. The van der Waals surface area contributed by atoms with Crippen molar-refractivity contribution < 1.29 is 13.2 Å². The van der Waals surface area contributed by atoms with Crippen LogP contribution in [0.3, 0.4) is 0 Å². The van der Waals surface area contributed by atoms with Crippen molar-refractivity contribution in [2.75, 3.05) is 13.1 Å². The number of nitrogens with one attached hydrogen (secondary N) is 2. The summed E-state index contributed by atoms with van der Waals surface area (Å²) >= 11 is 1.66. The standard InChI is InChI=1S/C20H19N3O3S2/c1-2-13-22-28(25,26)16-11-9-15(10-12-16)20(24)21-14-5-8-19-23-17-6-3-4-7-18(17)27-19/h1,3-4,6-7,9-12,22H,5,8,13-14H2,(H,21,24). The SMILES string of the molecule is C#CCNS(=O)(=O)c1ccc(C(=O)NCCCc2nc3ccccc3s2)cc1. The minimum atomic E-state index is -3.66. The predicted octanol–water partition coefficient (Wildman–Crippen LogP) is 2.57. The molecule has 2 N–H and O–H groups in total. The number of rotatable bonds is 8. The summed E-state index contributed by atoms with van der Waals surface area (Å²) in [6.07, 6.45) is 6.62. The summed E-state index contributed by atoms with van der Waals surface area (Å²) in [6, 6.07) is 13.7. The van der Waals surface area contributed by atoms with Crippen molar-refractivity contribution in [2.45, 2.75) is 17.7 Å². The van der Waals surface area contributed by atoms with Gasteiger partial charge < -0.3 is 5.32 Å². The Balaban J connectivity index is 1.50. The second-order valence-electron chi connectivity index (χ2n) is 5.99. The molecular formula is C20H19N3O3S2. The molecule has 2 aromatic carbocycles. The van der Waals surface area contributed by atoms with Gasteiger partial charge in [0.05, 0.1) is 26.7 Å². The Morgan fingerprint density at radius 1 is 1.14 bits per heavy atom. The predicted molar refractivity (Wildman–Crippen MR) is 111 cm³/mol. The Hall–Kier alpha value is -2.73. The molecule has 0 aliphatic carbocycles. The molecule has 28 heavy (non-hydrogen) atoms. The van der Waals surface area contributed by atoms with E-state index in [0.29, 0.717) is 12.1 Å². The lowest BCUT2D eigenvalue weighted by atomic mass is 10.2. The fraction of sp³-hybridized carbons (Fsp3) is 0.200. The number of thiazole rings is 1. The van der Waals surface area contributed by atoms with E-state index in [1.165, 1.54) is 24.3 Å². The molecule has 0 fully saturated rings. The van der Waals surface area contributed by atoms with Crippen LogP contribution in [0, 0.1) is 12.3 Å². The Morgan fingerprint density at radius 2 is 1.89 bits per heavy atom. The molecule has 0 aliphatic heterocycles. The molecule has 0 radical (unpaired) electrons. The highest BCUT2D eigenvalue weighted by molar-refractivity contribution is 7.89. The number of hydrogen-bond acceptors (Lipinski definition) is 5. The first-order valence-electron chi connectivity index (χ1n) is 8.65. The molecule has 1 amide bonds. The van der Waals surface area contributed by atoms with Gasteiger partial charge in [-0.1, -0.05) is 18.1 Å². The minimum absolute atomic E-state index is 0.0649. The van der Waals surface area contributed by atoms with Crippen molar-refractivity contribution in [3.8, 4) is 12.3 Å². The number of terminal acetylenes is 1. The maximum atomic E-state index is 12.2. The second kappa shape index (κ2) is 8.97. The number of hydrogen-bond donors (Lipinski definition) is 2. The zero-order valence-electron chi connectivity index (χ0n) is 15.0. The van der Waals surface area contributed by atoms with Gasteiger partial charge in [0, 0.05) is 18.5 Å². The van der Waals surface area contributed by atoms with Gasteiger partial charge in [-0.3, -0.25) is 4.79 Å². The van der Waals surface area contributed by atoms with E-state index in [0.717, 1.165) is 28.1 Å². The number of aromatic nitrogens is 1. The first-order chi connectivity index (χ1) is 13.5. The fourth-order valence-electron chi connectivity index (χ4n) is 2.58. The number of para-hydroxylation sites is 1. The summed E-state index contributed by atoms with van der Waals surface area (Å²) < 4.78 is 27.4. The lowest BCUT2D eigenvalue weighted by molar-refractivity contribution is 0.0953. The van der Waals surface area contributed by atoms with Crippen molar-refractivity contribution in [1.82, 2.24) is 15.0 Å². The number of sulfonamides is 1. The lowest BCUT2D eigenvalue weighted by Crippen LogP contribution is -2.26. The molecule has 0 saturated carbocycles. The van der Waals surface area contributed by atoms with Crippen LogP contribution < -0.4 is 10.0 Å². The van der Waals surface area contributed by atoms with Crippen LogP contribution in [0.2, 0.25) is 0 Å². The summed E-state index contributed by atoms with van der Waals surface area (Å²) in [6.45, 7) is 0.428. The van der Waals surface area contributed by atoms with E-state index < -0.39 is 10.0 Å². The smallest absolute Gasteiger partial charge is 0.251 e. The highest BCUT2D eigenvalue weighted by Gasteiger charge is 2.14. The highest BCUT2D eigenvalue weighted by Crippen LogP contribution is 2.22. The summed E-state index contributed by atoms with van der Waals surface area (Å²) in [4.78, 5) is 16.9. The van der Waals surface area contributed by atoms with E-state index in [4.69, 9.17) is 6.42 Å². The van der Waals surface area contributed by atoms with E-state index in [-0.39, 0.29) is 17.3 Å². The van der Waals surface area contributed by atoms with E-state index in [1.54, 1.807) is 11.3 Å². The molecule has 0 atom stereocenters. The Bertz CT molecular complexity index is 1080. The van der Waals surface area contributed by atoms with E-state index in [1.807, 2.05) is 24.3 Å². The number of amides is 1. The van der Waals surface area contributed by atoms with Crippen LogP contribution in [-0.2, 0) is 16.4 Å². The van der Waals surface area contributed by atoms with E-state index in [9.17, 15) is 13.2 Å². The summed E-state index contributed by atoms with van der Waals surface area (Å²) in [5.74, 6) is 1.97. The number of fused-ring (bicyclic) bond motifs is 1. The Kier molecular flexibility index (Phi) is 6.41. The van der Waals surface area contributed by atoms with E-state index >= 15 is 0 Å². The number of carbonyl (C=O) groups is 1. The van der Waals surface area contributed by atoms with Gasteiger partial charge in [0.25, 0.3) is 5.91 Å². The van der Waals surface area contributed by atoms with Gasteiger partial charge in [0.15, 0.2) is 0 Å². The largest absolute Gasteiger partial charge is 0.352 e. The van der Waals surface area contributed by atoms with Crippen molar-refractivity contribution in [3.63, 3.8) is 0 Å². The number of nitrogens with zero attached hydrogens (tertiary/aromatic N) is 1. The second-order valence-corrected chi connectivity index (χ2v) is 8.87. The van der Waals surface area contributed by atoms with Crippen LogP contribution >= 0.6 is 11.3 Å². The fourth-order valence-corrected chi connectivity index (χ4v) is 4.52. The lowest BCUT2D eigenvalue weighted by Gasteiger charge is -2.07. The van der Waals surface area contributed by atoms with Crippen LogP contribution in [0.25, 0.3) is 10.2 Å². The summed E-state index contributed by atoms with van der Waals surface area (Å²) in [5.41, 5.74) is 1.40. The maximum absolute atomic E-state index is 12.2. The van der Waals surface area contributed by atoms with Crippen LogP contribution in [-0.4, -0.2) is 32.4 Å². The average Bonchev–Trinajstić information content (AvgIpc) is 3.12. The first-order valence-corrected chi connectivity index (χ1v) is 11.0. The minimum Gasteiger partial charge on any atom is -0.352 e. The molecular weight excluding hydrogens is 394 g/mol. The van der Waals surface area contributed by atoms with Gasteiger partial charge >= 0.3 is 0 Å². The van der Waals surface area contributed by atoms with Crippen LogP contribution in [0.1, 0.15) is 21.8 Å². The van der Waals surface area contributed by atoms with Crippen LogP contribution in [0.5, 0.6) is 0 Å². The molecule has 0 saturated heterocycles. The molecule has 0 bridgehead atoms. The maximum Gasteiger partial charge on any atom is 0.251 e. The third-order valence-corrected chi connectivity index (χ3v) is 6.50. The molecule has 0 aliphatic rings. The van der Waals surface area contributed by atoms with E-state index in [2.05, 4.69) is 20.9 Å². The topological polar surface area (TPSA) is 88.2 Å². The van der Waals surface area contributed by atoms with Crippen molar-refractivity contribution in [2.24, 2.45) is 0 Å². The summed E-state index contributed by atoms with van der Waals surface area (Å²) in [5, 5.41) is 3.89. The monoisotopic (exact) mass is 413 g/mol. The third-order valence-electron chi connectivity index (χ3n) is 3.98. The van der Waals surface area contributed by atoms with Crippen molar-refractivity contribution in [3.05, 3.63) is 59.1 Å². The molecule has 3 aromatic rings. The van der Waals surface area contributed by atoms with Gasteiger partial charge in [-0.05, 0) is 42.8 Å². The highest BCUT2D eigenvalue weighted by atomic mass is 32.2. The van der Waals surface area contributed by atoms with Gasteiger partial charge in [-0.25, -0.2) is 13.4 Å². The average molecular weight is 414 g/mol.